The van der Waals surface area contributed by atoms with Gasteiger partial charge in [-0.2, -0.15) is 0 Å². The fourth-order valence-electron chi connectivity index (χ4n) is 4.53. The van der Waals surface area contributed by atoms with E-state index >= 15 is 0 Å². The number of aliphatic hydroxyl groups excluding tert-OH is 1. The van der Waals surface area contributed by atoms with Gasteiger partial charge >= 0.3 is 11.9 Å². The summed E-state index contributed by atoms with van der Waals surface area (Å²) in [4.78, 5) is 24.6. The monoisotopic (exact) mass is 330 g/mol. The number of hydrogen-bond acceptors (Lipinski definition) is 5. The van der Waals surface area contributed by atoms with Crippen molar-refractivity contribution in [3.8, 4) is 0 Å². The van der Waals surface area contributed by atoms with Crippen molar-refractivity contribution in [3.05, 3.63) is 35.4 Å². The zero-order chi connectivity index (χ0) is 16.8. The molecule has 0 amide bonds. The molecule has 5 heteroatoms. The highest BCUT2D eigenvalue weighted by Gasteiger charge is 2.51. The van der Waals surface area contributed by atoms with E-state index in [2.05, 4.69) is 0 Å². The topological polar surface area (TPSA) is 72.8 Å². The summed E-state index contributed by atoms with van der Waals surface area (Å²) in [5, 5.41) is 9.54. The summed E-state index contributed by atoms with van der Waals surface area (Å²) in [6, 6.07) is 6.79. The molecular formula is C19H22O5. The summed E-state index contributed by atoms with van der Waals surface area (Å²) in [6.07, 6.45) is 2.31. The quantitative estimate of drug-likeness (QED) is 0.863. The molecular weight excluding hydrogens is 308 g/mol. The Morgan fingerprint density at radius 1 is 1.21 bits per heavy atom. The van der Waals surface area contributed by atoms with Gasteiger partial charge in [0.1, 0.15) is 12.2 Å². The van der Waals surface area contributed by atoms with Crippen molar-refractivity contribution < 1.29 is 24.2 Å². The zero-order valence-corrected chi connectivity index (χ0v) is 13.7. The Morgan fingerprint density at radius 3 is 2.67 bits per heavy atom. The van der Waals surface area contributed by atoms with Crippen molar-refractivity contribution in [1.82, 2.24) is 0 Å². The lowest BCUT2D eigenvalue weighted by Crippen LogP contribution is -2.45. The highest BCUT2D eigenvalue weighted by atomic mass is 16.6. The van der Waals surface area contributed by atoms with Crippen LogP contribution in [0.4, 0.5) is 0 Å². The number of carbonyl (C=O) groups is 2. The molecule has 6 unspecified atom stereocenters. The van der Waals surface area contributed by atoms with Gasteiger partial charge in [0, 0.05) is 5.92 Å². The molecule has 4 aliphatic rings. The van der Waals surface area contributed by atoms with Gasteiger partial charge in [-0.15, -0.1) is 0 Å². The second kappa shape index (κ2) is 5.88. The molecule has 1 N–H and O–H groups in total. The summed E-state index contributed by atoms with van der Waals surface area (Å²) >= 11 is 0. The molecule has 4 fully saturated rings. The van der Waals surface area contributed by atoms with Gasteiger partial charge in [0.05, 0.1) is 17.6 Å². The summed E-state index contributed by atoms with van der Waals surface area (Å²) in [5.41, 5.74) is 1.21. The molecule has 0 aromatic heterocycles. The van der Waals surface area contributed by atoms with Crippen LogP contribution in [0.5, 0.6) is 0 Å². The van der Waals surface area contributed by atoms with Gasteiger partial charge in [-0.05, 0) is 56.2 Å². The fourth-order valence-corrected chi connectivity index (χ4v) is 4.53. The maximum Gasteiger partial charge on any atom is 0.338 e. The number of ether oxygens (including phenoxy) is 2. The van der Waals surface area contributed by atoms with E-state index in [-0.39, 0.29) is 36.0 Å². The van der Waals surface area contributed by atoms with Crippen LogP contribution < -0.4 is 0 Å². The van der Waals surface area contributed by atoms with Crippen molar-refractivity contribution >= 4 is 11.9 Å². The van der Waals surface area contributed by atoms with Crippen LogP contribution >= 0.6 is 0 Å². The lowest BCUT2D eigenvalue weighted by Gasteiger charge is -2.41. The maximum absolute atomic E-state index is 12.5. The van der Waals surface area contributed by atoms with Gasteiger partial charge in [-0.25, -0.2) is 4.79 Å². The highest BCUT2D eigenvalue weighted by molar-refractivity contribution is 5.89. The second-order valence-corrected chi connectivity index (χ2v) is 7.41. The van der Waals surface area contributed by atoms with Gasteiger partial charge in [-0.1, -0.05) is 12.1 Å². The van der Waals surface area contributed by atoms with Crippen molar-refractivity contribution in [2.24, 2.45) is 17.8 Å². The molecule has 6 atom stereocenters. The Labute approximate surface area is 141 Å². The van der Waals surface area contributed by atoms with Crippen LogP contribution in [0.15, 0.2) is 24.3 Å². The van der Waals surface area contributed by atoms with E-state index in [1.807, 2.05) is 0 Å². The summed E-state index contributed by atoms with van der Waals surface area (Å²) in [6.45, 7) is 1.68. The molecule has 5 rings (SSSR count). The number of carbonyl (C=O) groups excluding carboxylic acids is 2. The van der Waals surface area contributed by atoms with E-state index in [1.54, 1.807) is 31.2 Å². The first-order chi connectivity index (χ1) is 11.5. The molecule has 2 aliphatic carbocycles. The second-order valence-electron chi connectivity index (χ2n) is 7.41. The molecule has 0 spiro atoms. The minimum atomic E-state index is -0.567. The molecule has 2 saturated carbocycles. The fraction of sp³-hybridized carbons (Fsp3) is 0.579. The lowest BCUT2D eigenvalue weighted by atomic mass is 9.67. The van der Waals surface area contributed by atoms with Crippen LogP contribution in [-0.4, -0.2) is 29.3 Å². The van der Waals surface area contributed by atoms with Gasteiger partial charge in [0.2, 0.25) is 0 Å². The largest absolute Gasteiger partial charge is 0.458 e. The van der Waals surface area contributed by atoms with Crippen molar-refractivity contribution in [1.29, 1.82) is 0 Å². The lowest BCUT2D eigenvalue weighted by molar-refractivity contribution is -0.156. The Hall–Kier alpha value is -1.88. The average molecular weight is 330 g/mol. The molecule has 1 aromatic rings. The predicted octanol–water partition coefficient (Wildman–Crippen LogP) is 2.63. The molecule has 2 heterocycles. The Bertz CT molecular complexity index is 650. The first-order valence-corrected chi connectivity index (χ1v) is 8.70. The van der Waals surface area contributed by atoms with Gasteiger partial charge in [0.15, 0.2) is 0 Å². The third-order valence-electron chi connectivity index (χ3n) is 5.71. The zero-order valence-electron chi connectivity index (χ0n) is 13.7. The van der Waals surface area contributed by atoms with Crippen LogP contribution in [0.2, 0.25) is 0 Å². The number of rotatable bonds is 3. The van der Waals surface area contributed by atoms with E-state index in [4.69, 9.17) is 9.47 Å². The van der Waals surface area contributed by atoms with E-state index in [9.17, 15) is 14.7 Å². The van der Waals surface area contributed by atoms with Crippen LogP contribution in [0.3, 0.4) is 0 Å². The van der Waals surface area contributed by atoms with Gasteiger partial charge in [-0.3, -0.25) is 4.79 Å². The third-order valence-corrected chi connectivity index (χ3v) is 5.71. The van der Waals surface area contributed by atoms with Crippen LogP contribution in [0.1, 0.15) is 54.6 Å². The first kappa shape index (κ1) is 15.6. The molecule has 1 aromatic carbocycles. The normalized spacial score (nSPS) is 35.2. The minimum absolute atomic E-state index is 0.0206. The van der Waals surface area contributed by atoms with Crippen molar-refractivity contribution in [3.63, 3.8) is 0 Å². The number of fused-ring (bicyclic) bond motifs is 1. The van der Waals surface area contributed by atoms with Crippen LogP contribution in [0, 0.1) is 17.8 Å². The summed E-state index contributed by atoms with van der Waals surface area (Å²) in [5.74, 6) is 0.214. The minimum Gasteiger partial charge on any atom is -0.458 e. The molecule has 4 bridgehead atoms. The number of hydrogen-bond donors (Lipinski definition) is 1. The molecule has 2 saturated heterocycles. The Balaban J connectivity index is 1.50. The van der Waals surface area contributed by atoms with Gasteiger partial charge < -0.3 is 14.6 Å². The van der Waals surface area contributed by atoms with Gasteiger partial charge in [0.25, 0.3) is 0 Å². The molecule has 128 valence electrons. The standard InChI is InChI=1S/C19H22O5/c1-10(20)12-2-4-13(5-3-12)18(21)24-17-14-6-11-7-15(9-14)19(22)23-16(17)8-11/h2-5,10-11,14-17,20H,6-9H2,1H3. The van der Waals surface area contributed by atoms with E-state index < -0.39 is 6.10 Å². The highest BCUT2D eigenvalue weighted by Crippen LogP contribution is 2.48. The molecule has 0 radical (unpaired) electrons. The summed E-state index contributed by atoms with van der Waals surface area (Å²) in [7, 11) is 0. The molecule has 2 aliphatic heterocycles. The van der Waals surface area contributed by atoms with Crippen molar-refractivity contribution in [2.75, 3.05) is 0 Å². The number of benzene rings is 1. The SMILES string of the molecule is CC(O)c1ccc(C(=O)OC2C3CC4CC(C3)C(=O)OC2C4)cc1. The smallest absolute Gasteiger partial charge is 0.338 e. The van der Waals surface area contributed by atoms with Crippen LogP contribution in [0.25, 0.3) is 0 Å². The summed E-state index contributed by atoms with van der Waals surface area (Å²) < 4.78 is 11.4. The number of aliphatic hydroxyl groups is 1. The van der Waals surface area contributed by atoms with Crippen LogP contribution in [-0.2, 0) is 14.3 Å². The predicted molar refractivity (Wildman–Crippen MR) is 85.1 cm³/mol. The van der Waals surface area contributed by atoms with E-state index in [1.165, 1.54) is 0 Å². The molecule has 5 nitrogen and oxygen atoms in total. The Kier molecular flexibility index (Phi) is 3.83. The van der Waals surface area contributed by atoms with E-state index in [0.29, 0.717) is 11.5 Å². The maximum atomic E-state index is 12.5. The molecule has 24 heavy (non-hydrogen) atoms. The first-order valence-electron chi connectivity index (χ1n) is 8.70. The average Bonchev–Trinajstić information content (AvgIpc) is 2.72. The Morgan fingerprint density at radius 2 is 1.96 bits per heavy atom. The number of esters is 2. The van der Waals surface area contributed by atoms with E-state index in [0.717, 1.165) is 31.2 Å². The van der Waals surface area contributed by atoms with Crippen molar-refractivity contribution in [2.45, 2.75) is 50.9 Å². The third kappa shape index (κ3) is 2.71.